The number of nitrogens with one attached hydrogen (secondary N) is 2. The van der Waals surface area contributed by atoms with Crippen molar-refractivity contribution >= 4 is 23.2 Å². The number of methoxy groups -OCH3 is 1. The molecule has 24 heavy (non-hydrogen) atoms. The Bertz CT molecular complexity index is 746. The smallest absolute Gasteiger partial charge is 0.471 e. The summed E-state index contributed by atoms with van der Waals surface area (Å²) in [6.07, 6.45) is -5.05. The second-order valence-electron chi connectivity index (χ2n) is 4.69. The van der Waals surface area contributed by atoms with E-state index < -0.39 is 18.0 Å². The van der Waals surface area contributed by atoms with Crippen LogP contribution >= 0.6 is 0 Å². The first-order chi connectivity index (χ1) is 11.3. The van der Waals surface area contributed by atoms with E-state index in [-0.39, 0.29) is 17.0 Å². The van der Waals surface area contributed by atoms with Gasteiger partial charge < -0.3 is 15.4 Å². The summed E-state index contributed by atoms with van der Waals surface area (Å²) in [5.41, 5.74) is 0.344. The number of hydrogen-bond donors (Lipinski definition) is 2. The van der Waals surface area contributed by atoms with Gasteiger partial charge in [-0.3, -0.25) is 9.59 Å². The molecule has 0 aliphatic heterocycles. The highest BCUT2D eigenvalue weighted by atomic mass is 19.4. The number of halogens is 3. The van der Waals surface area contributed by atoms with Gasteiger partial charge in [0.25, 0.3) is 5.91 Å². The van der Waals surface area contributed by atoms with E-state index in [9.17, 15) is 22.8 Å². The second kappa shape index (κ2) is 7.03. The Labute approximate surface area is 135 Å². The van der Waals surface area contributed by atoms with Crippen LogP contribution < -0.4 is 15.4 Å². The SMILES string of the molecule is COc1ccc(C(=O)Nc2ccccc2)cc1NC(=O)C(F)(F)F. The molecule has 2 amide bonds. The summed E-state index contributed by atoms with van der Waals surface area (Å²) >= 11 is 0. The predicted molar refractivity (Wildman–Crippen MR) is 82.1 cm³/mol. The Morgan fingerprint density at radius 1 is 1.00 bits per heavy atom. The van der Waals surface area contributed by atoms with Crippen molar-refractivity contribution in [3.05, 3.63) is 54.1 Å². The van der Waals surface area contributed by atoms with Gasteiger partial charge in [-0.15, -0.1) is 0 Å². The van der Waals surface area contributed by atoms with Crippen LogP contribution in [0.15, 0.2) is 48.5 Å². The zero-order valence-electron chi connectivity index (χ0n) is 12.5. The molecule has 0 saturated carbocycles. The third-order valence-corrected chi connectivity index (χ3v) is 3.00. The molecule has 5 nitrogen and oxygen atoms in total. The lowest BCUT2D eigenvalue weighted by Crippen LogP contribution is -2.30. The Morgan fingerprint density at radius 2 is 1.67 bits per heavy atom. The minimum atomic E-state index is -5.05. The summed E-state index contributed by atoms with van der Waals surface area (Å²) in [6.45, 7) is 0. The Balaban J connectivity index is 2.24. The average molecular weight is 338 g/mol. The van der Waals surface area contributed by atoms with E-state index in [1.54, 1.807) is 35.6 Å². The fourth-order valence-electron chi connectivity index (χ4n) is 1.86. The Morgan fingerprint density at radius 3 is 2.25 bits per heavy atom. The number of anilines is 2. The lowest BCUT2D eigenvalue weighted by Gasteiger charge is -2.13. The van der Waals surface area contributed by atoms with Crippen molar-refractivity contribution in [3.63, 3.8) is 0 Å². The van der Waals surface area contributed by atoms with Crippen LogP contribution in [-0.2, 0) is 4.79 Å². The van der Waals surface area contributed by atoms with Crippen molar-refractivity contribution in [1.82, 2.24) is 0 Å². The lowest BCUT2D eigenvalue weighted by molar-refractivity contribution is -0.167. The molecule has 0 spiro atoms. The van der Waals surface area contributed by atoms with E-state index in [1.165, 1.54) is 19.2 Å². The van der Waals surface area contributed by atoms with Crippen LogP contribution in [0.3, 0.4) is 0 Å². The van der Waals surface area contributed by atoms with Gasteiger partial charge in [-0.05, 0) is 30.3 Å². The highest BCUT2D eigenvalue weighted by molar-refractivity contribution is 6.06. The topological polar surface area (TPSA) is 67.4 Å². The first-order valence-corrected chi connectivity index (χ1v) is 6.74. The molecular formula is C16H13F3N2O3. The number of para-hydroxylation sites is 1. The second-order valence-corrected chi connectivity index (χ2v) is 4.69. The van der Waals surface area contributed by atoms with Crippen LogP contribution in [-0.4, -0.2) is 25.1 Å². The highest BCUT2D eigenvalue weighted by Gasteiger charge is 2.39. The van der Waals surface area contributed by atoms with Gasteiger partial charge in [0.15, 0.2) is 0 Å². The molecule has 0 aliphatic rings. The van der Waals surface area contributed by atoms with Crippen molar-refractivity contribution in [3.8, 4) is 5.75 Å². The third-order valence-electron chi connectivity index (χ3n) is 3.00. The van der Waals surface area contributed by atoms with E-state index in [0.717, 1.165) is 6.07 Å². The molecule has 0 saturated heterocycles. The average Bonchev–Trinajstić information content (AvgIpc) is 2.54. The molecule has 0 fully saturated rings. The summed E-state index contributed by atoms with van der Waals surface area (Å²) in [6, 6.07) is 12.3. The summed E-state index contributed by atoms with van der Waals surface area (Å²) in [5.74, 6) is -2.68. The maximum Gasteiger partial charge on any atom is 0.471 e. The fourth-order valence-corrected chi connectivity index (χ4v) is 1.86. The third kappa shape index (κ3) is 4.25. The molecule has 0 bridgehead atoms. The van der Waals surface area contributed by atoms with E-state index in [2.05, 4.69) is 5.32 Å². The van der Waals surface area contributed by atoms with Gasteiger partial charge in [0.2, 0.25) is 0 Å². The van der Waals surface area contributed by atoms with Gasteiger partial charge in [0, 0.05) is 11.3 Å². The summed E-state index contributed by atoms with van der Waals surface area (Å²) < 4.78 is 42.1. The van der Waals surface area contributed by atoms with E-state index in [1.807, 2.05) is 0 Å². The van der Waals surface area contributed by atoms with Gasteiger partial charge in [0.05, 0.1) is 12.8 Å². The van der Waals surface area contributed by atoms with E-state index in [4.69, 9.17) is 4.74 Å². The molecule has 0 aromatic heterocycles. The van der Waals surface area contributed by atoms with Gasteiger partial charge in [-0.2, -0.15) is 13.2 Å². The predicted octanol–water partition coefficient (Wildman–Crippen LogP) is 3.45. The van der Waals surface area contributed by atoms with Gasteiger partial charge in [-0.1, -0.05) is 18.2 Å². The van der Waals surface area contributed by atoms with Crippen LogP contribution in [0.25, 0.3) is 0 Å². The number of amides is 2. The molecule has 2 rings (SSSR count). The van der Waals surface area contributed by atoms with Crippen molar-refractivity contribution in [2.45, 2.75) is 6.18 Å². The molecule has 0 radical (unpaired) electrons. The lowest BCUT2D eigenvalue weighted by atomic mass is 10.1. The summed E-state index contributed by atoms with van der Waals surface area (Å²) in [5, 5.41) is 4.28. The number of carbonyl (C=O) groups excluding carboxylic acids is 2. The Kier molecular flexibility index (Phi) is 5.08. The van der Waals surface area contributed by atoms with Crippen molar-refractivity contribution in [2.24, 2.45) is 0 Å². The molecular weight excluding hydrogens is 325 g/mol. The van der Waals surface area contributed by atoms with Crippen LogP contribution in [0.2, 0.25) is 0 Å². The van der Waals surface area contributed by atoms with Crippen molar-refractivity contribution in [1.29, 1.82) is 0 Å². The van der Waals surface area contributed by atoms with E-state index >= 15 is 0 Å². The number of alkyl halides is 3. The van der Waals surface area contributed by atoms with Crippen LogP contribution in [0, 0.1) is 0 Å². The Hall–Kier alpha value is -3.03. The number of hydrogen-bond acceptors (Lipinski definition) is 3. The number of carbonyl (C=O) groups is 2. The van der Waals surface area contributed by atoms with Crippen LogP contribution in [0.1, 0.15) is 10.4 Å². The molecule has 8 heteroatoms. The first-order valence-electron chi connectivity index (χ1n) is 6.74. The molecule has 0 heterocycles. The van der Waals surface area contributed by atoms with Crippen molar-refractivity contribution < 1.29 is 27.5 Å². The van der Waals surface area contributed by atoms with E-state index in [0.29, 0.717) is 5.69 Å². The molecule has 0 aliphatic carbocycles. The fraction of sp³-hybridized carbons (Fsp3) is 0.125. The summed E-state index contributed by atoms with van der Waals surface area (Å²) in [4.78, 5) is 23.2. The molecule has 126 valence electrons. The van der Waals surface area contributed by atoms with Gasteiger partial charge in [0.1, 0.15) is 5.75 Å². The minimum absolute atomic E-state index is 0.00358. The molecule has 2 aromatic carbocycles. The summed E-state index contributed by atoms with van der Waals surface area (Å²) in [7, 11) is 1.24. The number of benzene rings is 2. The minimum Gasteiger partial charge on any atom is -0.495 e. The van der Waals surface area contributed by atoms with Gasteiger partial charge in [-0.25, -0.2) is 0 Å². The maximum absolute atomic E-state index is 12.4. The monoisotopic (exact) mass is 338 g/mol. The van der Waals surface area contributed by atoms with Crippen LogP contribution in [0.4, 0.5) is 24.5 Å². The first kappa shape index (κ1) is 17.3. The largest absolute Gasteiger partial charge is 0.495 e. The zero-order valence-corrected chi connectivity index (χ0v) is 12.5. The molecule has 0 unspecified atom stereocenters. The zero-order chi connectivity index (χ0) is 17.7. The van der Waals surface area contributed by atoms with Crippen LogP contribution in [0.5, 0.6) is 5.75 Å². The normalized spacial score (nSPS) is 10.8. The highest BCUT2D eigenvalue weighted by Crippen LogP contribution is 2.28. The van der Waals surface area contributed by atoms with Gasteiger partial charge >= 0.3 is 12.1 Å². The molecule has 2 N–H and O–H groups in total. The quantitative estimate of drug-likeness (QED) is 0.897. The van der Waals surface area contributed by atoms with Crippen molar-refractivity contribution in [2.75, 3.05) is 17.7 Å². The standard InChI is InChI=1S/C16H13F3N2O3/c1-24-13-8-7-10(9-12(13)21-15(23)16(17,18)19)14(22)20-11-5-3-2-4-6-11/h2-9H,1H3,(H,20,22)(H,21,23). The number of ether oxygens (including phenoxy) is 1. The number of rotatable bonds is 4. The molecule has 0 atom stereocenters. The maximum atomic E-state index is 12.4. The molecule has 2 aromatic rings.